The van der Waals surface area contributed by atoms with Crippen molar-refractivity contribution in [1.29, 1.82) is 0 Å². The Bertz CT molecular complexity index is 3520. The van der Waals surface area contributed by atoms with Gasteiger partial charge in [-0.2, -0.15) is 0 Å². The second-order valence-corrected chi connectivity index (χ2v) is 16.0. The lowest BCUT2D eigenvalue weighted by atomic mass is 9.66. The van der Waals surface area contributed by atoms with E-state index in [4.69, 9.17) is 19.1 Å². The first-order chi connectivity index (χ1) is 30.2. The van der Waals surface area contributed by atoms with Crippen molar-refractivity contribution in [2.75, 3.05) is 0 Å². The summed E-state index contributed by atoms with van der Waals surface area (Å²) in [5.74, 6) is 2.46. The Balaban J connectivity index is 0.940. The molecule has 3 heterocycles. The Morgan fingerprint density at radius 2 is 1.02 bits per heavy atom. The fourth-order valence-electron chi connectivity index (χ4n) is 10.1. The number of nitrogens with zero attached hydrogens (tertiary/aromatic N) is 2. The zero-order valence-electron chi connectivity index (χ0n) is 32.8. The van der Waals surface area contributed by atoms with E-state index >= 15 is 0 Å². The molecule has 9 aromatic carbocycles. The summed E-state index contributed by atoms with van der Waals surface area (Å²) in [6, 6.07) is 73.3. The maximum atomic E-state index is 6.64. The third kappa shape index (κ3) is 4.93. The maximum absolute atomic E-state index is 6.64. The molecule has 0 saturated heterocycles. The van der Waals surface area contributed by atoms with E-state index in [0.717, 1.165) is 72.6 Å². The van der Waals surface area contributed by atoms with E-state index in [1.54, 1.807) is 0 Å². The summed E-state index contributed by atoms with van der Waals surface area (Å²) < 4.78 is 13.1. The fourth-order valence-corrected chi connectivity index (χ4v) is 10.1. The number of rotatable bonds is 4. The van der Waals surface area contributed by atoms with Crippen molar-refractivity contribution < 1.29 is 9.15 Å². The summed E-state index contributed by atoms with van der Waals surface area (Å²) in [4.78, 5) is 10.2. The molecule has 2 aliphatic rings. The van der Waals surface area contributed by atoms with Gasteiger partial charge in [-0.15, -0.1) is 0 Å². The number of ether oxygens (including phenoxy) is 1. The standard InChI is InChI=1S/C57H34N2O2/c1-2-14-38(15-3-1)56-58-53(55-54(59-56)44-19-6-9-22-49(44)61-55)41-17-12-16-39(33-41)35-25-27-36(28-26-35)40-29-31-43-48(34-40)57(47-32-30-37-13-4-5-18-42(37)52(43)47)45-20-7-10-23-50(45)60-51-24-11-8-21-46(51)57/h1-34H. The Kier molecular flexibility index (Phi) is 7.19. The van der Waals surface area contributed by atoms with Crippen molar-refractivity contribution in [3.05, 3.63) is 229 Å². The predicted molar refractivity (Wildman–Crippen MR) is 246 cm³/mol. The van der Waals surface area contributed by atoms with Gasteiger partial charge in [0.1, 0.15) is 28.3 Å². The molecule has 0 saturated carbocycles. The van der Waals surface area contributed by atoms with Gasteiger partial charge in [0, 0.05) is 27.6 Å². The molecule has 0 unspecified atom stereocenters. The molecule has 0 atom stereocenters. The summed E-state index contributed by atoms with van der Waals surface area (Å²) in [5, 5.41) is 3.48. The summed E-state index contributed by atoms with van der Waals surface area (Å²) >= 11 is 0. The van der Waals surface area contributed by atoms with Gasteiger partial charge in [-0.3, -0.25) is 0 Å². The summed E-state index contributed by atoms with van der Waals surface area (Å²) in [7, 11) is 0. The Morgan fingerprint density at radius 3 is 1.80 bits per heavy atom. The molecule has 13 rings (SSSR count). The van der Waals surface area contributed by atoms with Crippen LogP contribution in [0.3, 0.4) is 0 Å². The number of para-hydroxylation sites is 3. The van der Waals surface area contributed by atoms with Crippen molar-refractivity contribution in [3.63, 3.8) is 0 Å². The predicted octanol–water partition coefficient (Wildman–Crippen LogP) is 14.7. The van der Waals surface area contributed by atoms with Gasteiger partial charge in [-0.05, 0) is 91.7 Å². The molecule has 0 radical (unpaired) electrons. The molecule has 4 nitrogen and oxygen atoms in total. The zero-order valence-corrected chi connectivity index (χ0v) is 32.8. The third-order valence-corrected chi connectivity index (χ3v) is 12.8. The van der Waals surface area contributed by atoms with Gasteiger partial charge in [0.25, 0.3) is 0 Å². The van der Waals surface area contributed by atoms with Crippen LogP contribution in [0.1, 0.15) is 22.3 Å². The first-order valence-electron chi connectivity index (χ1n) is 20.7. The van der Waals surface area contributed by atoms with Crippen LogP contribution in [-0.4, -0.2) is 9.97 Å². The van der Waals surface area contributed by atoms with E-state index in [0.29, 0.717) is 11.4 Å². The van der Waals surface area contributed by atoms with E-state index in [9.17, 15) is 0 Å². The second-order valence-electron chi connectivity index (χ2n) is 16.0. The molecular formula is C57H34N2O2. The first-order valence-corrected chi connectivity index (χ1v) is 20.7. The highest BCUT2D eigenvalue weighted by Gasteiger charge is 2.51. The Morgan fingerprint density at radius 1 is 0.393 bits per heavy atom. The minimum atomic E-state index is -0.552. The number of hydrogen-bond acceptors (Lipinski definition) is 4. The van der Waals surface area contributed by atoms with E-state index in [1.165, 1.54) is 38.6 Å². The van der Waals surface area contributed by atoms with Crippen LogP contribution >= 0.6 is 0 Å². The van der Waals surface area contributed by atoms with Gasteiger partial charge in [-0.1, -0.05) is 170 Å². The largest absolute Gasteiger partial charge is 0.457 e. The van der Waals surface area contributed by atoms with Crippen LogP contribution in [0.2, 0.25) is 0 Å². The maximum Gasteiger partial charge on any atom is 0.180 e. The van der Waals surface area contributed by atoms with Gasteiger partial charge in [0.05, 0.1) is 5.41 Å². The lowest BCUT2D eigenvalue weighted by Gasteiger charge is -2.39. The van der Waals surface area contributed by atoms with Gasteiger partial charge in [0.15, 0.2) is 11.4 Å². The van der Waals surface area contributed by atoms with Crippen LogP contribution in [0.5, 0.6) is 11.5 Å². The molecule has 0 amide bonds. The average Bonchev–Trinajstić information content (AvgIpc) is 3.85. The van der Waals surface area contributed by atoms with Crippen molar-refractivity contribution in [2.45, 2.75) is 5.41 Å². The van der Waals surface area contributed by atoms with E-state index in [-0.39, 0.29) is 0 Å². The summed E-state index contributed by atoms with van der Waals surface area (Å²) in [6.07, 6.45) is 0. The lowest BCUT2D eigenvalue weighted by molar-refractivity contribution is 0.436. The van der Waals surface area contributed by atoms with Gasteiger partial charge in [0.2, 0.25) is 0 Å². The summed E-state index contributed by atoms with van der Waals surface area (Å²) in [5.41, 5.74) is 16.4. The normalized spacial score (nSPS) is 13.2. The molecule has 2 aromatic heterocycles. The number of hydrogen-bond donors (Lipinski definition) is 0. The molecule has 0 bridgehead atoms. The second kappa shape index (κ2) is 13.0. The molecule has 284 valence electrons. The van der Waals surface area contributed by atoms with Crippen LogP contribution in [-0.2, 0) is 5.41 Å². The Labute approximate surface area is 352 Å². The smallest absolute Gasteiger partial charge is 0.180 e. The average molecular weight is 779 g/mol. The Hall–Kier alpha value is -8.08. The van der Waals surface area contributed by atoms with Crippen molar-refractivity contribution in [3.8, 4) is 67.5 Å². The monoisotopic (exact) mass is 778 g/mol. The minimum Gasteiger partial charge on any atom is -0.457 e. The first kappa shape index (κ1) is 33.8. The molecule has 1 spiro atoms. The molecule has 61 heavy (non-hydrogen) atoms. The fraction of sp³-hybridized carbons (Fsp3) is 0.0175. The number of benzene rings is 9. The van der Waals surface area contributed by atoms with Crippen LogP contribution in [0.25, 0.3) is 88.9 Å². The molecule has 1 aliphatic heterocycles. The van der Waals surface area contributed by atoms with Crippen molar-refractivity contribution in [2.24, 2.45) is 0 Å². The van der Waals surface area contributed by atoms with Crippen LogP contribution in [0.4, 0.5) is 0 Å². The van der Waals surface area contributed by atoms with Crippen LogP contribution in [0.15, 0.2) is 211 Å². The van der Waals surface area contributed by atoms with Crippen LogP contribution in [0, 0.1) is 0 Å². The van der Waals surface area contributed by atoms with E-state index in [1.807, 2.05) is 48.5 Å². The summed E-state index contributed by atoms with van der Waals surface area (Å²) in [6.45, 7) is 0. The van der Waals surface area contributed by atoms with Gasteiger partial charge < -0.3 is 9.15 Å². The van der Waals surface area contributed by atoms with Gasteiger partial charge >= 0.3 is 0 Å². The highest BCUT2D eigenvalue weighted by molar-refractivity contribution is 6.08. The highest BCUT2D eigenvalue weighted by Crippen LogP contribution is 2.63. The van der Waals surface area contributed by atoms with Gasteiger partial charge in [-0.25, -0.2) is 9.97 Å². The molecular weight excluding hydrogens is 745 g/mol. The number of furan rings is 1. The van der Waals surface area contributed by atoms with Crippen molar-refractivity contribution in [1.82, 2.24) is 9.97 Å². The molecule has 4 heteroatoms. The molecule has 0 fully saturated rings. The molecule has 0 N–H and O–H groups in total. The topological polar surface area (TPSA) is 48.2 Å². The minimum absolute atomic E-state index is 0.552. The third-order valence-electron chi connectivity index (χ3n) is 12.8. The molecule has 11 aromatic rings. The number of aromatic nitrogens is 2. The zero-order chi connectivity index (χ0) is 40.1. The number of fused-ring (bicyclic) bond motifs is 14. The van der Waals surface area contributed by atoms with E-state index in [2.05, 4.69) is 158 Å². The van der Waals surface area contributed by atoms with E-state index < -0.39 is 5.41 Å². The molecule has 1 aliphatic carbocycles. The van der Waals surface area contributed by atoms with Crippen molar-refractivity contribution >= 4 is 32.8 Å². The highest BCUT2D eigenvalue weighted by atomic mass is 16.5. The lowest BCUT2D eigenvalue weighted by Crippen LogP contribution is -2.32. The quantitative estimate of drug-likeness (QED) is 0.179. The van der Waals surface area contributed by atoms with Crippen LogP contribution < -0.4 is 4.74 Å². The SMILES string of the molecule is c1ccc(-c2nc(-c3cccc(-c4ccc(-c5ccc6c(c5)C5(c7ccccc7Oc7ccccc75)c5ccc7ccccc7c5-6)cc4)c3)c3oc4ccccc4c3n2)cc1.